The second-order valence-electron chi connectivity index (χ2n) is 4.72. The molecule has 6 heteroatoms. The number of carbonyl (C=O) groups excluding carboxylic acids is 1. The highest BCUT2D eigenvalue weighted by molar-refractivity contribution is 5.94. The van der Waals surface area contributed by atoms with Gasteiger partial charge in [0.25, 0.3) is 5.91 Å². The molecule has 0 spiro atoms. The topological polar surface area (TPSA) is 85.1 Å². The highest BCUT2D eigenvalue weighted by atomic mass is 16.6. The molecule has 1 aromatic rings. The lowest BCUT2D eigenvalue weighted by atomic mass is 10.1. The van der Waals surface area contributed by atoms with Gasteiger partial charge in [0, 0.05) is 19.5 Å². The summed E-state index contributed by atoms with van der Waals surface area (Å²) in [6, 6.07) is 2.75. The number of aromatic nitrogens is 1. The first-order chi connectivity index (χ1) is 8.93. The predicted octanol–water partition coefficient (Wildman–Crippen LogP) is 2.46. The van der Waals surface area contributed by atoms with Crippen LogP contribution in [0.15, 0.2) is 12.1 Å². The summed E-state index contributed by atoms with van der Waals surface area (Å²) >= 11 is 0. The molecule has 19 heavy (non-hydrogen) atoms. The summed E-state index contributed by atoms with van der Waals surface area (Å²) in [5.41, 5.74) is 0.740. The lowest BCUT2D eigenvalue weighted by Crippen LogP contribution is -2.28. The van der Waals surface area contributed by atoms with Crippen molar-refractivity contribution in [3.63, 3.8) is 0 Å². The number of nitrogens with one attached hydrogen (secondary N) is 1. The summed E-state index contributed by atoms with van der Waals surface area (Å²) in [5.74, 6) is -0.199. The Balaban J connectivity index is 2.74. The van der Waals surface area contributed by atoms with E-state index in [2.05, 4.69) is 24.1 Å². The minimum absolute atomic E-state index is 0.280. The van der Waals surface area contributed by atoms with Crippen LogP contribution in [0.4, 0.5) is 5.82 Å². The third-order valence-corrected chi connectivity index (χ3v) is 2.78. The van der Waals surface area contributed by atoms with Crippen molar-refractivity contribution < 1.29 is 9.72 Å². The van der Waals surface area contributed by atoms with Crippen molar-refractivity contribution >= 4 is 11.7 Å². The molecule has 0 fully saturated rings. The van der Waals surface area contributed by atoms with Gasteiger partial charge in [-0.05, 0) is 28.3 Å². The maximum Gasteiger partial charge on any atom is 0.364 e. The van der Waals surface area contributed by atoms with Crippen LogP contribution in [-0.4, -0.2) is 22.4 Å². The first-order valence-corrected chi connectivity index (χ1v) is 6.35. The van der Waals surface area contributed by atoms with Crippen LogP contribution >= 0.6 is 0 Å². The van der Waals surface area contributed by atoms with E-state index in [1.807, 2.05) is 0 Å². The molecule has 1 aromatic heterocycles. The van der Waals surface area contributed by atoms with Gasteiger partial charge in [0.05, 0.1) is 5.56 Å². The van der Waals surface area contributed by atoms with E-state index in [-0.39, 0.29) is 17.3 Å². The normalized spacial score (nSPS) is 11.9. The SMILES string of the molecule is CCCC(C)CNC(=O)c1cc(C)nc([N+](=O)[O-])c1. The Morgan fingerprint density at radius 1 is 1.53 bits per heavy atom. The zero-order valence-corrected chi connectivity index (χ0v) is 11.5. The number of amides is 1. The maximum absolute atomic E-state index is 11.9. The summed E-state index contributed by atoms with van der Waals surface area (Å²) in [5, 5.41) is 13.5. The zero-order valence-electron chi connectivity index (χ0n) is 11.5. The van der Waals surface area contributed by atoms with E-state index in [1.54, 1.807) is 13.0 Å². The van der Waals surface area contributed by atoms with Crippen molar-refractivity contribution in [1.29, 1.82) is 0 Å². The summed E-state index contributed by atoms with van der Waals surface area (Å²) in [4.78, 5) is 25.8. The van der Waals surface area contributed by atoms with Crippen LogP contribution in [-0.2, 0) is 0 Å². The molecule has 0 aliphatic carbocycles. The van der Waals surface area contributed by atoms with Crippen molar-refractivity contribution in [3.8, 4) is 0 Å². The molecule has 1 N–H and O–H groups in total. The van der Waals surface area contributed by atoms with Crippen molar-refractivity contribution in [2.75, 3.05) is 6.54 Å². The Labute approximate surface area is 112 Å². The van der Waals surface area contributed by atoms with Gasteiger partial charge in [-0.3, -0.25) is 4.79 Å². The molecule has 1 rings (SSSR count). The number of carbonyl (C=O) groups is 1. The fraction of sp³-hybridized carbons (Fsp3) is 0.538. The first-order valence-electron chi connectivity index (χ1n) is 6.35. The summed E-state index contributed by atoms with van der Waals surface area (Å²) < 4.78 is 0. The molecule has 1 unspecified atom stereocenters. The van der Waals surface area contributed by atoms with E-state index in [0.29, 0.717) is 18.2 Å². The van der Waals surface area contributed by atoms with E-state index in [9.17, 15) is 14.9 Å². The summed E-state index contributed by atoms with van der Waals surface area (Å²) in [6.07, 6.45) is 2.10. The smallest absolute Gasteiger partial charge is 0.358 e. The van der Waals surface area contributed by atoms with Crippen LogP contribution in [0.25, 0.3) is 0 Å². The van der Waals surface area contributed by atoms with Gasteiger partial charge in [-0.15, -0.1) is 0 Å². The number of aryl methyl sites for hydroxylation is 1. The van der Waals surface area contributed by atoms with E-state index in [1.165, 1.54) is 6.07 Å². The Morgan fingerprint density at radius 3 is 2.79 bits per heavy atom. The first kappa shape index (κ1) is 15.1. The minimum Gasteiger partial charge on any atom is -0.358 e. The van der Waals surface area contributed by atoms with Gasteiger partial charge in [0.15, 0.2) is 5.69 Å². The second kappa shape index (κ2) is 6.82. The average molecular weight is 265 g/mol. The molecule has 1 amide bonds. The monoisotopic (exact) mass is 265 g/mol. The Kier molecular flexibility index (Phi) is 5.41. The van der Waals surface area contributed by atoms with Crippen molar-refractivity contribution in [2.24, 2.45) is 5.92 Å². The van der Waals surface area contributed by atoms with E-state index < -0.39 is 4.92 Å². The Bertz CT molecular complexity index is 474. The molecular weight excluding hydrogens is 246 g/mol. The molecule has 1 atom stereocenters. The van der Waals surface area contributed by atoms with Crippen LogP contribution in [0, 0.1) is 23.0 Å². The molecule has 104 valence electrons. The molecule has 0 radical (unpaired) electrons. The number of rotatable bonds is 6. The molecule has 0 bridgehead atoms. The van der Waals surface area contributed by atoms with Crippen molar-refractivity contribution in [3.05, 3.63) is 33.5 Å². The van der Waals surface area contributed by atoms with E-state index in [4.69, 9.17) is 0 Å². The van der Waals surface area contributed by atoms with Gasteiger partial charge < -0.3 is 15.4 Å². The molecule has 0 aromatic carbocycles. The number of nitro groups is 1. The van der Waals surface area contributed by atoms with Gasteiger partial charge in [-0.2, -0.15) is 0 Å². The molecule has 0 aliphatic rings. The molecular formula is C13H19N3O3. The van der Waals surface area contributed by atoms with Crippen LogP contribution < -0.4 is 5.32 Å². The molecule has 0 aliphatic heterocycles. The van der Waals surface area contributed by atoms with Gasteiger partial charge in [-0.1, -0.05) is 20.3 Å². The lowest BCUT2D eigenvalue weighted by Gasteiger charge is -2.11. The second-order valence-corrected chi connectivity index (χ2v) is 4.72. The largest absolute Gasteiger partial charge is 0.364 e. The van der Waals surface area contributed by atoms with Gasteiger partial charge in [0.1, 0.15) is 0 Å². The van der Waals surface area contributed by atoms with Crippen LogP contribution in [0.3, 0.4) is 0 Å². The number of pyridine rings is 1. The molecule has 6 nitrogen and oxygen atoms in total. The molecule has 1 heterocycles. The van der Waals surface area contributed by atoms with Gasteiger partial charge in [0.2, 0.25) is 0 Å². The Morgan fingerprint density at radius 2 is 2.21 bits per heavy atom. The summed E-state index contributed by atoms with van der Waals surface area (Å²) in [6.45, 7) is 6.35. The third kappa shape index (κ3) is 4.65. The quantitative estimate of drug-likeness (QED) is 0.632. The van der Waals surface area contributed by atoms with E-state index >= 15 is 0 Å². The molecule has 0 saturated heterocycles. The van der Waals surface area contributed by atoms with Crippen LogP contribution in [0.1, 0.15) is 42.7 Å². The average Bonchev–Trinajstić information content (AvgIpc) is 2.35. The van der Waals surface area contributed by atoms with Crippen molar-refractivity contribution in [2.45, 2.75) is 33.6 Å². The number of nitrogens with zero attached hydrogens (tertiary/aromatic N) is 2. The highest BCUT2D eigenvalue weighted by Gasteiger charge is 2.15. The number of hydrogen-bond donors (Lipinski definition) is 1. The highest BCUT2D eigenvalue weighted by Crippen LogP contribution is 2.12. The zero-order chi connectivity index (χ0) is 14.4. The van der Waals surface area contributed by atoms with Gasteiger partial charge >= 0.3 is 5.82 Å². The Hall–Kier alpha value is -1.98. The summed E-state index contributed by atoms with van der Waals surface area (Å²) in [7, 11) is 0. The maximum atomic E-state index is 11.9. The minimum atomic E-state index is -0.594. The van der Waals surface area contributed by atoms with Crippen LogP contribution in [0.5, 0.6) is 0 Å². The standard InChI is InChI=1S/C13H19N3O3/c1-4-5-9(2)8-14-13(17)11-6-10(3)15-12(7-11)16(18)19/h6-7,9H,4-5,8H2,1-3H3,(H,14,17). The van der Waals surface area contributed by atoms with Crippen molar-refractivity contribution in [1.82, 2.24) is 10.3 Å². The molecule has 0 saturated carbocycles. The van der Waals surface area contributed by atoms with Gasteiger partial charge in [-0.25, -0.2) is 0 Å². The van der Waals surface area contributed by atoms with Crippen LogP contribution in [0.2, 0.25) is 0 Å². The fourth-order valence-electron chi connectivity index (χ4n) is 1.84. The predicted molar refractivity (Wildman–Crippen MR) is 72.0 cm³/mol. The fourth-order valence-corrected chi connectivity index (χ4v) is 1.84. The van der Waals surface area contributed by atoms with E-state index in [0.717, 1.165) is 12.8 Å². The third-order valence-electron chi connectivity index (χ3n) is 2.78. The lowest BCUT2D eigenvalue weighted by molar-refractivity contribution is -0.389. The number of hydrogen-bond acceptors (Lipinski definition) is 4.